The van der Waals surface area contributed by atoms with Crippen molar-refractivity contribution in [1.29, 1.82) is 0 Å². The summed E-state index contributed by atoms with van der Waals surface area (Å²) in [5.74, 6) is 2.29. The van der Waals surface area contributed by atoms with Crippen molar-refractivity contribution in [3.05, 3.63) is 41.6 Å². The van der Waals surface area contributed by atoms with E-state index in [1.54, 1.807) is 17.1 Å². The number of nitrogens with zero attached hydrogens (tertiary/aromatic N) is 4. The standard InChI is InChI=1S/C18H24N4O3/c1-13-3-4-16(25-13)11-21-9-15-10-22(5-6-24-17(15)12-21)18(23)14-7-19-20(2)8-14/h3-4,7-8,15,17H,5-6,9-12H2,1-2H3/t15-,17-/m0/s1. The summed E-state index contributed by atoms with van der Waals surface area (Å²) in [4.78, 5) is 17.0. The second kappa shape index (κ2) is 6.65. The molecule has 0 radical (unpaired) electrons. The highest BCUT2D eigenvalue weighted by Crippen LogP contribution is 2.26. The number of carbonyl (C=O) groups excluding carboxylic acids is 1. The van der Waals surface area contributed by atoms with E-state index in [2.05, 4.69) is 10.00 Å². The SMILES string of the molecule is Cc1ccc(CN2C[C@H]3CN(C(=O)c4cnn(C)c4)CCO[C@H]3C2)o1. The van der Waals surface area contributed by atoms with Crippen LogP contribution in [0.1, 0.15) is 21.9 Å². The molecule has 2 aliphatic rings. The summed E-state index contributed by atoms with van der Waals surface area (Å²) >= 11 is 0. The van der Waals surface area contributed by atoms with Crippen LogP contribution in [-0.2, 0) is 18.3 Å². The van der Waals surface area contributed by atoms with Crippen molar-refractivity contribution in [1.82, 2.24) is 19.6 Å². The zero-order chi connectivity index (χ0) is 17.4. The van der Waals surface area contributed by atoms with Crippen molar-refractivity contribution in [3.63, 3.8) is 0 Å². The Labute approximate surface area is 147 Å². The molecule has 134 valence electrons. The van der Waals surface area contributed by atoms with E-state index in [0.717, 1.165) is 37.7 Å². The second-order valence-corrected chi connectivity index (χ2v) is 7.03. The zero-order valence-corrected chi connectivity index (χ0v) is 14.7. The lowest BCUT2D eigenvalue weighted by molar-refractivity contribution is 0.0497. The molecular formula is C18H24N4O3. The van der Waals surface area contributed by atoms with Crippen molar-refractivity contribution in [2.24, 2.45) is 13.0 Å². The van der Waals surface area contributed by atoms with Gasteiger partial charge in [0.15, 0.2) is 0 Å². The highest BCUT2D eigenvalue weighted by atomic mass is 16.5. The fraction of sp³-hybridized carbons (Fsp3) is 0.556. The van der Waals surface area contributed by atoms with Crippen molar-refractivity contribution in [3.8, 4) is 0 Å². The number of furan rings is 1. The molecule has 7 nitrogen and oxygen atoms in total. The van der Waals surface area contributed by atoms with E-state index in [4.69, 9.17) is 9.15 Å². The smallest absolute Gasteiger partial charge is 0.257 e. The van der Waals surface area contributed by atoms with Crippen molar-refractivity contribution in [2.75, 3.05) is 32.8 Å². The van der Waals surface area contributed by atoms with Crippen LogP contribution in [0.2, 0.25) is 0 Å². The number of hydrogen-bond donors (Lipinski definition) is 0. The van der Waals surface area contributed by atoms with Crippen molar-refractivity contribution >= 4 is 5.91 Å². The minimum Gasteiger partial charge on any atom is -0.465 e. The summed E-state index contributed by atoms with van der Waals surface area (Å²) in [6.45, 7) is 6.51. The number of ether oxygens (including phenoxy) is 1. The van der Waals surface area contributed by atoms with Gasteiger partial charge in [-0.3, -0.25) is 14.4 Å². The first-order chi connectivity index (χ1) is 12.1. The van der Waals surface area contributed by atoms with Crippen LogP contribution in [0.15, 0.2) is 28.9 Å². The molecular weight excluding hydrogens is 320 g/mol. The van der Waals surface area contributed by atoms with Crippen LogP contribution in [0, 0.1) is 12.8 Å². The average molecular weight is 344 g/mol. The Bertz CT molecular complexity index is 753. The third-order valence-electron chi connectivity index (χ3n) is 5.02. The maximum absolute atomic E-state index is 12.7. The van der Waals surface area contributed by atoms with E-state index in [1.165, 1.54) is 0 Å². The van der Waals surface area contributed by atoms with Crippen LogP contribution in [-0.4, -0.2) is 64.4 Å². The van der Waals surface area contributed by atoms with E-state index in [1.807, 2.05) is 31.0 Å². The van der Waals surface area contributed by atoms with Gasteiger partial charge in [0.25, 0.3) is 5.91 Å². The lowest BCUT2D eigenvalue weighted by Crippen LogP contribution is -2.37. The molecule has 1 amide bonds. The average Bonchev–Trinajstić information content (AvgIpc) is 3.25. The maximum atomic E-state index is 12.7. The summed E-state index contributed by atoms with van der Waals surface area (Å²) in [5, 5.41) is 4.10. The topological polar surface area (TPSA) is 63.7 Å². The first-order valence-electron chi connectivity index (χ1n) is 8.75. The molecule has 0 saturated carbocycles. The molecule has 0 aromatic carbocycles. The number of carbonyl (C=O) groups is 1. The Morgan fingerprint density at radius 1 is 1.32 bits per heavy atom. The maximum Gasteiger partial charge on any atom is 0.257 e. The first kappa shape index (κ1) is 16.4. The van der Waals surface area contributed by atoms with Crippen LogP contribution in [0.25, 0.3) is 0 Å². The van der Waals surface area contributed by atoms with E-state index in [9.17, 15) is 4.79 Å². The van der Waals surface area contributed by atoms with Crippen LogP contribution in [0.5, 0.6) is 0 Å². The van der Waals surface area contributed by atoms with E-state index in [0.29, 0.717) is 24.6 Å². The highest BCUT2D eigenvalue weighted by Gasteiger charge is 2.38. The Kier molecular flexibility index (Phi) is 4.35. The molecule has 2 atom stereocenters. The number of hydrogen-bond acceptors (Lipinski definition) is 5. The Morgan fingerprint density at radius 3 is 2.92 bits per heavy atom. The van der Waals surface area contributed by atoms with Gasteiger partial charge in [-0.15, -0.1) is 0 Å². The first-order valence-corrected chi connectivity index (χ1v) is 8.75. The number of amides is 1. The van der Waals surface area contributed by atoms with E-state index >= 15 is 0 Å². The van der Waals surface area contributed by atoms with Crippen LogP contribution in [0.3, 0.4) is 0 Å². The van der Waals surface area contributed by atoms with Crippen LogP contribution < -0.4 is 0 Å². The third-order valence-corrected chi connectivity index (χ3v) is 5.02. The molecule has 25 heavy (non-hydrogen) atoms. The number of likely N-dealkylation sites (tertiary alicyclic amines) is 1. The van der Waals surface area contributed by atoms with Gasteiger partial charge in [-0.25, -0.2) is 0 Å². The number of rotatable bonds is 3. The summed E-state index contributed by atoms with van der Waals surface area (Å²) in [6, 6.07) is 4.02. The molecule has 7 heteroatoms. The molecule has 0 unspecified atom stereocenters. The molecule has 0 aliphatic carbocycles. The molecule has 2 aromatic rings. The third kappa shape index (κ3) is 3.48. The Hall–Kier alpha value is -2.12. The lowest BCUT2D eigenvalue weighted by atomic mass is 10.1. The molecule has 0 bridgehead atoms. The predicted molar refractivity (Wildman–Crippen MR) is 91.1 cm³/mol. The molecule has 0 spiro atoms. The summed E-state index contributed by atoms with van der Waals surface area (Å²) < 4.78 is 13.4. The van der Waals surface area contributed by atoms with E-state index < -0.39 is 0 Å². The van der Waals surface area contributed by atoms with Crippen LogP contribution >= 0.6 is 0 Å². The van der Waals surface area contributed by atoms with Gasteiger partial charge in [-0.05, 0) is 19.1 Å². The second-order valence-electron chi connectivity index (χ2n) is 7.03. The molecule has 2 aromatic heterocycles. The Balaban J connectivity index is 1.41. The molecule has 2 saturated heterocycles. The molecule has 4 rings (SSSR count). The molecule has 0 N–H and O–H groups in total. The number of aromatic nitrogens is 2. The lowest BCUT2D eigenvalue weighted by Gasteiger charge is -2.23. The van der Waals surface area contributed by atoms with Crippen molar-refractivity contribution < 1.29 is 13.9 Å². The van der Waals surface area contributed by atoms with E-state index in [-0.39, 0.29) is 12.0 Å². The Morgan fingerprint density at radius 2 is 2.20 bits per heavy atom. The fourth-order valence-corrected chi connectivity index (χ4v) is 3.80. The minimum atomic E-state index is 0.0393. The number of aryl methyl sites for hydroxylation is 2. The quantitative estimate of drug-likeness (QED) is 0.840. The predicted octanol–water partition coefficient (Wildman–Crippen LogP) is 1.29. The largest absolute Gasteiger partial charge is 0.465 e. The van der Waals surface area contributed by atoms with Gasteiger partial charge in [0.05, 0.1) is 31.0 Å². The monoisotopic (exact) mass is 344 g/mol. The summed E-state index contributed by atoms with van der Waals surface area (Å²) in [5.41, 5.74) is 0.641. The normalized spacial score (nSPS) is 24.3. The molecule has 2 fully saturated rings. The van der Waals surface area contributed by atoms with Gasteiger partial charge in [0.2, 0.25) is 0 Å². The minimum absolute atomic E-state index is 0.0393. The van der Waals surface area contributed by atoms with Gasteiger partial charge >= 0.3 is 0 Å². The summed E-state index contributed by atoms with van der Waals surface area (Å²) in [6.07, 6.45) is 3.58. The summed E-state index contributed by atoms with van der Waals surface area (Å²) in [7, 11) is 1.82. The van der Waals surface area contributed by atoms with Gasteiger partial charge in [-0.1, -0.05) is 0 Å². The molecule has 2 aliphatic heterocycles. The highest BCUT2D eigenvalue weighted by molar-refractivity contribution is 5.93. The van der Waals surface area contributed by atoms with Gasteiger partial charge in [-0.2, -0.15) is 5.10 Å². The molecule has 4 heterocycles. The van der Waals surface area contributed by atoms with Crippen molar-refractivity contribution in [2.45, 2.75) is 19.6 Å². The van der Waals surface area contributed by atoms with Gasteiger partial charge in [0.1, 0.15) is 11.5 Å². The van der Waals surface area contributed by atoms with Gasteiger partial charge < -0.3 is 14.1 Å². The van der Waals surface area contributed by atoms with Gasteiger partial charge in [0, 0.05) is 45.3 Å². The zero-order valence-electron chi connectivity index (χ0n) is 14.7. The number of fused-ring (bicyclic) bond motifs is 1. The fourth-order valence-electron chi connectivity index (χ4n) is 3.80. The van der Waals surface area contributed by atoms with Crippen LogP contribution in [0.4, 0.5) is 0 Å².